The Morgan fingerprint density at radius 2 is 1.80 bits per heavy atom. The number of aromatic amines is 1. The molecular weight excluding hydrogens is 331 g/mol. The van der Waals surface area contributed by atoms with E-state index < -0.39 is 15.0 Å². The van der Waals surface area contributed by atoms with Crippen LogP contribution in [0, 0.1) is 6.92 Å². The van der Waals surface area contributed by atoms with Crippen LogP contribution in [0.15, 0.2) is 27.9 Å². The minimum absolute atomic E-state index is 0. The summed E-state index contributed by atoms with van der Waals surface area (Å²) in [6.45, 7) is 1.68. The van der Waals surface area contributed by atoms with Crippen LogP contribution in [0.3, 0.4) is 0 Å². The molecule has 0 aliphatic heterocycles. The zero-order chi connectivity index (χ0) is 14.4. The summed E-state index contributed by atoms with van der Waals surface area (Å²) in [4.78, 5) is 11.1. The molecule has 0 saturated heterocycles. The van der Waals surface area contributed by atoms with Crippen LogP contribution in [0.4, 0.5) is 0 Å². The van der Waals surface area contributed by atoms with E-state index in [-0.39, 0.29) is 26.8 Å². The van der Waals surface area contributed by atoms with E-state index >= 15 is 0 Å². The topological polar surface area (TPSA) is 124 Å². The van der Waals surface area contributed by atoms with Gasteiger partial charge in [-0.25, -0.2) is 4.68 Å². The van der Waals surface area contributed by atoms with Crippen LogP contribution in [0.2, 0.25) is 10.0 Å². The van der Waals surface area contributed by atoms with E-state index in [0.29, 0.717) is 5.69 Å². The molecule has 0 fully saturated rings. The number of H-pyrrole nitrogens is 1. The SMILES string of the molecule is Cc1cc(=O)n(-c2cc(Cl)c(S(=O)(=O)O)cc2Cl)[nH]1.O. The highest BCUT2D eigenvalue weighted by Crippen LogP contribution is 2.30. The highest BCUT2D eigenvalue weighted by Gasteiger charge is 2.19. The molecule has 0 saturated carbocycles. The molecule has 0 atom stereocenters. The Hall–Kier alpha value is -1.32. The summed E-state index contributed by atoms with van der Waals surface area (Å²) in [6, 6.07) is 3.52. The lowest BCUT2D eigenvalue weighted by atomic mass is 10.3. The first-order valence-corrected chi connectivity index (χ1v) is 7.15. The molecule has 0 bridgehead atoms. The molecule has 2 aromatic rings. The number of halogens is 2. The van der Waals surface area contributed by atoms with E-state index in [4.69, 9.17) is 27.8 Å². The smallest absolute Gasteiger partial charge is 0.296 e. The second-order valence-corrected chi connectivity index (χ2v) is 6.03. The normalized spacial score (nSPS) is 11.2. The molecule has 20 heavy (non-hydrogen) atoms. The number of hydrogen-bond acceptors (Lipinski definition) is 3. The minimum Gasteiger partial charge on any atom is -0.412 e. The Kier molecular flexibility index (Phi) is 4.67. The predicted octanol–water partition coefficient (Wildman–Crippen LogP) is 1.20. The van der Waals surface area contributed by atoms with Gasteiger partial charge in [-0.3, -0.25) is 14.4 Å². The van der Waals surface area contributed by atoms with E-state index in [0.717, 1.165) is 10.7 Å². The van der Waals surface area contributed by atoms with Gasteiger partial charge in [-0.05, 0) is 19.1 Å². The summed E-state index contributed by atoms with van der Waals surface area (Å²) in [5, 5.41) is 2.46. The molecule has 10 heteroatoms. The van der Waals surface area contributed by atoms with Gasteiger partial charge in [0, 0.05) is 11.8 Å². The van der Waals surface area contributed by atoms with Gasteiger partial charge in [0.1, 0.15) is 4.90 Å². The maximum Gasteiger partial charge on any atom is 0.296 e. The average molecular weight is 341 g/mol. The summed E-state index contributed by atoms with van der Waals surface area (Å²) in [7, 11) is -4.47. The van der Waals surface area contributed by atoms with E-state index in [2.05, 4.69) is 5.10 Å². The van der Waals surface area contributed by atoms with Crippen LogP contribution in [0.25, 0.3) is 5.69 Å². The highest BCUT2D eigenvalue weighted by atomic mass is 35.5. The third-order valence-corrected chi connectivity index (χ3v) is 3.99. The summed E-state index contributed by atoms with van der Waals surface area (Å²) >= 11 is 11.7. The van der Waals surface area contributed by atoms with Crippen molar-refractivity contribution in [2.75, 3.05) is 0 Å². The third-order valence-electron chi connectivity index (χ3n) is 2.37. The molecule has 0 amide bonds. The second-order valence-electron chi connectivity index (χ2n) is 3.82. The molecule has 0 spiro atoms. The van der Waals surface area contributed by atoms with Crippen molar-refractivity contribution in [3.05, 3.63) is 44.3 Å². The van der Waals surface area contributed by atoms with Gasteiger partial charge >= 0.3 is 0 Å². The molecule has 1 aromatic carbocycles. The summed E-state index contributed by atoms with van der Waals surface area (Å²) < 4.78 is 32.2. The molecule has 4 N–H and O–H groups in total. The van der Waals surface area contributed by atoms with Gasteiger partial charge in [-0.15, -0.1) is 0 Å². The summed E-state index contributed by atoms with van der Waals surface area (Å²) in [6.07, 6.45) is 0. The van der Waals surface area contributed by atoms with Gasteiger partial charge < -0.3 is 5.48 Å². The number of nitrogens with zero attached hydrogens (tertiary/aromatic N) is 1. The maximum absolute atomic E-state index is 11.6. The molecule has 0 aliphatic carbocycles. The van der Waals surface area contributed by atoms with Crippen molar-refractivity contribution in [3.8, 4) is 5.69 Å². The average Bonchev–Trinajstić information content (AvgIpc) is 2.59. The second kappa shape index (κ2) is 5.58. The number of aromatic nitrogens is 2. The van der Waals surface area contributed by atoms with E-state index in [9.17, 15) is 13.2 Å². The summed E-state index contributed by atoms with van der Waals surface area (Å²) in [5.74, 6) is 0. The lowest BCUT2D eigenvalue weighted by molar-refractivity contribution is 0.483. The van der Waals surface area contributed by atoms with Crippen molar-refractivity contribution in [2.24, 2.45) is 0 Å². The Balaban J connectivity index is 0.00000200. The molecule has 1 aromatic heterocycles. The number of aryl methyl sites for hydroxylation is 1. The van der Waals surface area contributed by atoms with Crippen LogP contribution in [-0.2, 0) is 10.1 Å². The van der Waals surface area contributed by atoms with Crippen molar-refractivity contribution in [3.63, 3.8) is 0 Å². The fraction of sp³-hybridized carbons (Fsp3) is 0.100. The van der Waals surface area contributed by atoms with Crippen molar-refractivity contribution >= 4 is 33.3 Å². The number of hydrogen-bond donors (Lipinski definition) is 2. The molecule has 0 aliphatic rings. The monoisotopic (exact) mass is 340 g/mol. The molecular formula is C10H10Cl2N2O5S. The Labute approximate surface area is 123 Å². The van der Waals surface area contributed by atoms with Crippen LogP contribution >= 0.6 is 23.2 Å². The Bertz CT molecular complexity index is 810. The lowest BCUT2D eigenvalue weighted by Crippen LogP contribution is -2.14. The maximum atomic E-state index is 11.6. The fourth-order valence-corrected chi connectivity index (χ4v) is 2.91. The van der Waals surface area contributed by atoms with Gasteiger partial charge in [-0.1, -0.05) is 23.2 Å². The van der Waals surface area contributed by atoms with Crippen molar-refractivity contribution in [1.29, 1.82) is 0 Å². The molecule has 0 unspecified atom stereocenters. The fourth-order valence-electron chi connectivity index (χ4n) is 1.58. The minimum atomic E-state index is -4.47. The number of rotatable bonds is 2. The number of benzene rings is 1. The molecule has 2 rings (SSSR count). The van der Waals surface area contributed by atoms with Gasteiger partial charge in [0.05, 0.1) is 15.7 Å². The van der Waals surface area contributed by atoms with Crippen LogP contribution in [0.1, 0.15) is 5.69 Å². The predicted molar refractivity (Wildman–Crippen MR) is 74.6 cm³/mol. The molecule has 0 radical (unpaired) electrons. The Morgan fingerprint density at radius 3 is 2.25 bits per heavy atom. The lowest BCUT2D eigenvalue weighted by Gasteiger charge is -2.08. The van der Waals surface area contributed by atoms with Crippen molar-refractivity contribution < 1.29 is 18.4 Å². The summed E-state index contributed by atoms with van der Waals surface area (Å²) in [5.41, 5.74) is 0.434. The standard InChI is InChI=1S/C10H8Cl2N2O4S.H2O/c1-5-2-10(15)14(13-5)8-3-7(12)9(4-6(8)11)19(16,17)18;/h2-4,13H,1H3,(H,16,17,18);1H2. The largest absolute Gasteiger partial charge is 0.412 e. The quantitative estimate of drug-likeness (QED) is 0.797. The zero-order valence-corrected chi connectivity index (χ0v) is 12.3. The molecule has 1 heterocycles. The first-order valence-electron chi connectivity index (χ1n) is 4.95. The van der Waals surface area contributed by atoms with Gasteiger partial charge in [-0.2, -0.15) is 8.42 Å². The van der Waals surface area contributed by atoms with Crippen molar-refractivity contribution in [1.82, 2.24) is 9.78 Å². The molecule has 110 valence electrons. The van der Waals surface area contributed by atoms with E-state index in [1.54, 1.807) is 6.92 Å². The Morgan fingerprint density at radius 1 is 1.20 bits per heavy atom. The zero-order valence-electron chi connectivity index (χ0n) is 10.0. The highest BCUT2D eigenvalue weighted by molar-refractivity contribution is 7.86. The van der Waals surface area contributed by atoms with Gasteiger partial charge in [0.2, 0.25) is 0 Å². The van der Waals surface area contributed by atoms with Gasteiger partial charge in [0.15, 0.2) is 0 Å². The van der Waals surface area contributed by atoms with Crippen LogP contribution in [0.5, 0.6) is 0 Å². The van der Waals surface area contributed by atoms with E-state index in [1.165, 1.54) is 12.1 Å². The third kappa shape index (κ3) is 3.05. The van der Waals surface area contributed by atoms with E-state index in [1.807, 2.05) is 0 Å². The first-order chi connectivity index (χ1) is 8.70. The molecule has 7 nitrogen and oxygen atoms in total. The first kappa shape index (κ1) is 16.7. The number of nitrogens with one attached hydrogen (secondary N) is 1. The van der Waals surface area contributed by atoms with Crippen molar-refractivity contribution in [2.45, 2.75) is 11.8 Å². The van der Waals surface area contributed by atoms with Crippen LogP contribution in [-0.4, -0.2) is 28.2 Å². The van der Waals surface area contributed by atoms with Gasteiger partial charge in [0.25, 0.3) is 15.7 Å². The van der Waals surface area contributed by atoms with Crippen LogP contribution < -0.4 is 5.56 Å².